The van der Waals surface area contributed by atoms with E-state index in [2.05, 4.69) is 5.32 Å². The molecule has 2 aromatic carbocycles. The minimum atomic E-state index is -0.283. The number of rotatable bonds is 5. The van der Waals surface area contributed by atoms with E-state index in [0.717, 1.165) is 0 Å². The van der Waals surface area contributed by atoms with Crippen LogP contribution < -0.4 is 14.8 Å². The molecular formula is C19H18ClNO4. The van der Waals surface area contributed by atoms with Crippen LogP contribution in [0.15, 0.2) is 36.4 Å². The highest BCUT2D eigenvalue weighted by molar-refractivity contribution is 6.35. The number of ether oxygens (including phenoxy) is 2. The number of ketones is 1. The lowest BCUT2D eigenvalue weighted by molar-refractivity contribution is -0.116. The van der Waals surface area contributed by atoms with Gasteiger partial charge < -0.3 is 14.8 Å². The van der Waals surface area contributed by atoms with E-state index in [1.54, 1.807) is 36.4 Å². The molecule has 0 spiro atoms. The highest BCUT2D eigenvalue weighted by Gasteiger charge is 2.23. The molecule has 5 nitrogen and oxygen atoms in total. The number of nitrogens with one attached hydrogen (secondary N) is 1. The average molecular weight is 360 g/mol. The van der Waals surface area contributed by atoms with E-state index in [9.17, 15) is 9.59 Å². The first-order chi connectivity index (χ1) is 12.1. The summed E-state index contributed by atoms with van der Waals surface area (Å²) in [4.78, 5) is 25.0. The lowest BCUT2D eigenvalue weighted by Gasteiger charge is -2.21. The number of amides is 1. The molecule has 0 aromatic heterocycles. The van der Waals surface area contributed by atoms with Gasteiger partial charge in [0, 0.05) is 18.1 Å². The number of fused-ring (bicyclic) bond motifs is 1. The number of benzene rings is 2. The third-order valence-corrected chi connectivity index (χ3v) is 4.13. The van der Waals surface area contributed by atoms with E-state index < -0.39 is 0 Å². The molecule has 1 aliphatic heterocycles. The fourth-order valence-electron chi connectivity index (χ4n) is 2.61. The van der Waals surface area contributed by atoms with Gasteiger partial charge in [-0.2, -0.15) is 0 Å². The van der Waals surface area contributed by atoms with Crippen molar-refractivity contribution in [2.75, 3.05) is 18.5 Å². The van der Waals surface area contributed by atoms with E-state index >= 15 is 0 Å². The van der Waals surface area contributed by atoms with Crippen LogP contribution in [-0.4, -0.2) is 24.9 Å². The van der Waals surface area contributed by atoms with Crippen molar-refractivity contribution in [1.29, 1.82) is 0 Å². The molecule has 25 heavy (non-hydrogen) atoms. The van der Waals surface area contributed by atoms with Gasteiger partial charge in [-0.25, -0.2) is 0 Å². The fourth-order valence-corrected chi connectivity index (χ4v) is 2.83. The topological polar surface area (TPSA) is 64.6 Å². The Morgan fingerprint density at radius 1 is 1.08 bits per heavy atom. The quantitative estimate of drug-likeness (QED) is 0.817. The molecule has 0 atom stereocenters. The molecule has 2 aromatic rings. The van der Waals surface area contributed by atoms with Crippen LogP contribution in [-0.2, 0) is 4.79 Å². The van der Waals surface area contributed by atoms with Crippen molar-refractivity contribution < 1.29 is 19.1 Å². The Balaban J connectivity index is 2.05. The van der Waals surface area contributed by atoms with Crippen LogP contribution in [0.3, 0.4) is 0 Å². The van der Waals surface area contributed by atoms with Gasteiger partial charge in [0.2, 0.25) is 5.91 Å². The molecule has 0 radical (unpaired) electrons. The van der Waals surface area contributed by atoms with Crippen LogP contribution in [0.2, 0.25) is 5.02 Å². The lowest BCUT2D eigenvalue weighted by atomic mass is 10.0. The van der Waals surface area contributed by atoms with Crippen molar-refractivity contribution in [2.24, 2.45) is 0 Å². The Labute approximate surface area is 150 Å². The molecule has 3 rings (SSSR count). The fraction of sp³-hybridized carbons (Fsp3) is 0.263. The van der Waals surface area contributed by atoms with Crippen molar-refractivity contribution in [3.8, 4) is 11.5 Å². The second-order valence-electron chi connectivity index (χ2n) is 5.65. The summed E-state index contributed by atoms with van der Waals surface area (Å²) < 4.78 is 11.1. The second-order valence-corrected chi connectivity index (χ2v) is 6.06. The van der Waals surface area contributed by atoms with Gasteiger partial charge in [-0.05, 0) is 24.6 Å². The predicted octanol–water partition coefficient (Wildman–Crippen LogP) is 4.08. The van der Waals surface area contributed by atoms with Gasteiger partial charge in [-0.3, -0.25) is 9.59 Å². The molecule has 1 heterocycles. The number of hydrogen-bond donors (Lipinski definition) is 1. The molecule has 0 fully saturated rings. The largest absolute Gasteiger partial charge is 0.486 e. The normalized spacial score (nSPS) is 12.6. The van der Waals surface area contributed by atoms with E-state index in [-0.39, 0.29) is 11.7 Å². The zero-order valence-electron chi connectivity index (χ0n) is 13.8. The zero-order chi connectivity index (χ0) is 17.8. The van der Waals surface area contributed by atoms with Gasteiger partial charge in [0.1, 0.15) is 13.2 Å². The molecule has 1 aliphatic rings. The number of carbonyl (C=O) groups excluding carboxylic acids is 2. The first kappa shape index (κ1) is 17.3. The van der Waals surface area contributed by atoms with Crippen molar-refractivity contribution in [1.82, 2.24) is 0 Å². The molecule has 6 heteroatoms. The van der Waals surface area contributed by atoms with Gasteiger partial charge in [0.25, 0.3) is 0 Å². The van der Waals surface area contributed by atoms with Gasteiger partial charge >= 0.3 is 0 Å². The summed E-state index contributed by atoms with van der Waals surface area (Å²) in [6.07, 6.45) is 1.08. The number of halogens is 1. The zero-order valence-corrected chi connectivity index (χ0v) is 14.6. The minimum absolute atomic E-state index is 0.160. The monoisotopic (exact) mass is 359 g/mol. The maximum atomic E-state index is 13.0. The first-order valence-electron chi connectivity index (χ1n) is 8.13. The highest BCUT2D eigenvalue weighted by Crippen LogP contribution is 2.37. The summed E-state index contributed by atoms with van der Waals surface area (Å²) >= 11 is 6.16. The van der Waals surface area contributed by atoms with Crippen LogP contribution in [0.5, 0.6) is 11.5 Å². The Kier molecular flexibility index (Phi) is 5.24. The molecule has 0 aliphatic carbocycles. The molecule has 0 bridgehead atoms. The summed E-state index contributed by atoms with van der Waals surface area (Å²) in [5.41, 5.74) is 1.08. The number of anilines is 1. The molecule has 130 valence electrons. The minimum Gasteiger partial charge on any atom is -0.486 e. The van der Waals surface area contributed by atoms with Crippen molar-refractivity contribution >= 4 is 29.0 Å². The molecule has 0 unspecified atom stereocenters. The summed E-state index contributed by atoms with van der Waals surface area (Å²) in [5.74, 6) is 0.547. The smallest absolute Gasteiger partial charge is 0.224 e. The Hall–Kier alpha value is -2.53. The Bertz CT molecular complexity index is 819. The van der Waals surface area contributed by atoms with E-state index in [1.807, 2.05) is 6.92 Å². The highest BCUT2D eigenvalue weighted by atomic mass is 35.5. The number of carbonyl (C=O) groups is 2. The maximum absolute atomic E-state index is 13.0. The van der Waals surface area contributed by atoms with E-state index in [0.29, 0.717) is 59.4 Å². The third kappa shape index (κ3) is 3.77. The molecule has 0 saturated heterocycles. The third-order valence-electron chi connectivity index (χ3n) is 3.80. The Morgan fingerprint density at radius 2 is 1.76 bits per heavy atom. The van der Waals surface area contributed by atoms with Crippen LogP contribution in [0.4, 0.5) is 5.69 Å². The predicted molar refractivity (Wildman–Crippen MR) is 95.9 cm³/mol. The van der Waals surface area contributed by atoms with Crippen molar-refractivity contribution in [3.05, 3.63) is 52.5 Å². The van der Waals surface area contributed by atoms with Crippen molar-refractivity contribution in [3.63, 3.8) is 0 Å². The molecule has 0 saturated carbocycles. The standard InChI is InChI=1S/C19H18ClNO4/c1-2-5-18(22)21-15-11-17-16(24-8-9-25-17)10-13(15)19(23)12-6-3-4-7-14(12)20/h3-4,6-7,10-11H,2,5,8-9H2,1H3,(H,21,22). The summed E-state index contributed by atoms with van der Waals surface area (Å²) in [6, 6.07) is 10.0. The van der Waals surface area contributed by atoms with Crippen molar-refractivity contribution in [2.45, 2.75) is 19.8 Å². The molecular weight excluding hydrogens is 342 g/mol. The summed E-state index contributed by atoms with van der Waals surface area (Å²) in [5, 5.41) is 3.15. The average Bonchev–Trinajstić information content (AvgIpc) is 2.61. The SMILES string of the molecule is CCCC(=O)Nc1cc2c(cc1C(=O)c1ccccc1Cl)OCCO2. The maximum Gasteiger partial charge on any atom is 0.224 e. The van der Waals surface area contributed by atoms with Gasteiger partial charge in [-0.1, -0.05) is 30.7 Å². The lowest BCUT2D eigenvalue weighted by Crippen LogP contribution is -2.19. The van der Waals surface area contributed by atoms with Crippen LogP contribution in [0.1, 0.15) is 35.7 Å². The number of hydrogen-bond acceptors (Lipinski definition) is 4. The van der Waals surface area contributed by atoms with Gasteiger partial charge in [0.05, 0.1) is 16.3 Å². The van der Waals surface area contributed by atoms with Crippen LogP contribution in [0.25, 0.3) is 0 Å². The van der Waals surface area contributed by atoms with Crippen LogP contribution >= 0.6 is 11.6 Å². The second kappa shape index (κ2) is 7.57. The van der Waals surface area contributed by atoms with E-state index in [1.165, 1.54) is 0 Å². The van der Waals surface area contributed by atoms with Gasteiger partial charge in [-0.15, -0.1) is 0 Å². The molecule has 1 N–H and O–H groups in total. The van der Waals surface area contributed by atoms with E-state index in [4.69, 9.17) is 21.1 Å². The summed E-state index contributed by atoms with van der Waals surface area (Å²) in [7, 11) is 0. The first-order valence-corrected chi connectivity index (χ1v) is 8.50. The Morgan fingerprint density at radius 3 is 2.44 bits per heavy atom. The van der Waals surface area contributed by atoms with Gasteiger partial charge in [0.15, 0.2) is 17.3 Å². The van der Waals surface area contributed by atoms with Crippen LogP contribution in [0, 0.1) is 0 Å². The molecule has 1 amide bonds. The summed E-state index contributed by atoms with van der Waals surface area (Å²) in [6.45, 7) is 2.75.